The smallest absolute Gasteiger partial charge is 0.306 e. The lowest BCUT2D eigenvalue weighted by Crippen LogP contribution is -2.30. The van der Waals surface area contributed by atoms with Crippen molar-refractivity contribution in [3.8, 4) is 0 Å². The molecular weight excluding hydrogens is 853 g/mol. The predicted molar refractivity (Wildman–Crippen MR) is 298 cm³/mol. The summed E-state index contributed by atoms with van der Waals surface area (Å²) in [5.41, 5.74) is 0. The van der Waals surface area contributed by atoms with E-state index >= 15 is 0 Å². The Morgan fingerprint density at radius 1 is 0.304 bits per heavy atom. The maximum atomic E-state index is 12.7. The normalized spacial score (nSPS) is 12.6. The third kappa shape index (κ3) is 55.6. The van der Waals surface area contributed by atoms with Crippen LogP contribution >= 0.6 is 0 Å². The Balaban J connectivity index is 3.99. The van der Waals surface area contributed by atoms with Crippen LogP contribution in [0.1, 0.15) is 290 Å². The molecule has 0 amide bonds. The first-order valence-electron chi connectivity index (χ1n) is 29.4. The van der Waals surface area contributed by atoms with Gasteiger partial charge in [0, 0.05) is 19.3 Å². The first-order chi connectivity index (χ1) is 34.0. The maximum absolute atomic E-state index is 12.7. The number of carbonyl (C=O) groups is 3. The number of allylic oxidation sites excluding steroid dienone is 12. The van der Waals surface area contributed by atoms with Crippen molar-refractivity contribution in [2.75, 3.05) is 13.2 Å². The van der Waals surface area contributed by atoms with Gasteiger partial charge in [0.1, 0.15) is 13.2 Å². The van der Waals surface area contributed by atoms with Crippen LogP contribution in [0.3, 0.4) is 0 Å². The Hall–Kier alpha value is -3.15. The van der Waals surface area contributed by atoms with Crippen molar-refractivity contribution in [1.82, 2.24) is 0 Å². The van der Waals surface area contributed by atoms with Crippen molar-refractivity contribution in [2.45, 2.75) is 297 Å². The molecule has 0 heterocycles. The minimum Gasteiger partial charge on any atom is -0.462 e. The van der Waals surface area contributed by atoms with Gasteiger partial charge >= 0.3 is 17.9 Å². The van der Waals surface area contributed by atoms with Gasteiger partial charge < -0.3 is 14.2 Å². The minimum atomic E-state index is -0.767. The third-order valence-corrected chi connectivity index (χ3v) is 12.7. The van der Waals surface area contributed by atoms with Gasteiger partial charge in [0.2, 0.25) is 0 Å². The largest absolute Gasteiger partial charge is 0.462 e. The molecule has 398 valence electrons. The van der Waals surface area contributed by atoms with Crippen LogP contribution in [0, 0.1) is 0 Å². The molecule has 0 aromatic rings. The highest BCUT2D eigenvalue weighted by molar-refractivity contribution is 5.71. The molecule has 1 atom stereocenters. The second-order valence-electron chi connectivity index (χ2n) is 19.5. The zero-order valence-corrected chi connectivity index (χ0v) is 45.6. The second kappa shape index (κ2) is 57.4. The molecule has 0 aliphatic carbocycles. The molecule has 6 nitrogen and oxygen atoms in total. The molecule has 69 heavy (non-hydrogen) atoms. The minimum absolute atomic E-state index is 0.0701. The van der Waals surface area contributed by atoms with Crippen molar-refractivity contribution >= 4 is 17.9 Å². The highest BCUT2D eigenvalue weighted by Gasteiger charge is 2.19. The lowest BCUT2D eigenvalue weighted by atomic mass is 10.0. The van der Waals surface area contributed by atoms with Crippen molar-refractivity contribution in [3.63, 3.8) is 0 Å². The first kappa shape index (κ1) is 65.8. The maximum Gasteiger partial charge on any atom is 0.306 e. The van der Waals surface area contributed by atoms with Crippen LogP contribution < -0.4 is 0 Å². The molecule has 0 aromatic heterocycles. The molecule has 0 saturated heterocycles. The lowest BCUT2D eigenvalue weighted by molar-refractivity contribution is -0.167. The molecule has 0 spiro atoms. The van der Waals surface area contributed by atoms with Crippen molar-refractivity contribution in [3.05, 3.63) is 72.9 Å². The summed E-state index contributed by atoms with van der Waals surface area (Å²) in [5, 5.41) is 0. The van der Waals surface area contributed by atoms with E-state index in [-0.39, 0.29) is 31.1 Å². The first-order valence-corrected chi connectivity index (χ1v) is 29.4. The zero-order chi connectivity index (χ0) is 50.0. The molecular formula is C63H110O6. The van der Waals surface area contributed by atoms with Gasteiger partial charge in [-0.25, -0.2) is 0 Å². The summed E-state index contributed by atoms with van der Waals surface area (Å²) < 4.78 is 16.8. The van der Waals surface area contributed by atoms with Crippen LogP contribution in [-0.2, 0) is 28.6 Å². The number of unbranched alkanes of at least 4 members (excludes halogenated alkanes) is 30. The highest BCUT2D eigenvalue weighted by Crippen LogP contribution is 2.16. The quantitative estimate of drug-likeness (QED) is 0.0262. The molecule has 0 rings (SSSR count). The standard InChI is InChI=1S/C63H110O6/c1-4-7-10-13-16-19-20-21-22-23-24-25-26-27-28-29-30-31-32-33-34-35-36-37-38-39-40-41-42-45-47-50-53-56-62(65)68-59-60(69-63(66)57-54-51-48-44-18-15-12-9-6-3)58-67-61(64)55-52-49-46-43-17-14-11-8-5-2/h7,10,16,19,21-22,24-25,27-28,30-31,60H,4-6,8-9,11-15,17-18,20,23,26,29,32-59H2,1-3H3/b10-7-,19-16-,22-21-,25-24-,28-27-,31-30-. The van der Waals surface area contributed by atoms with Gasteiger partial charge in [0.05, 0.1) is 0 Å². The van der Waals surface area contributed by atoms with Crippen LogP contribution in [0.2, 0.25) is 0 Å². The van der Waals surface area contributed by atoms with Crippen molar-refractivity contribution in [1.29, 1.82) is 0 Å². The van der Waals surface area contributed by atoms with E-state index in [1.807, 2.05) is 0 Å². The number of hydrogen-bond acceptors (Lipinski definition) is 6. The number of rotatable bonds is 53. The fourth-order valence-corrected chi connectivity index (χ4v) is 8.33. The van der Waals surface area contributed by atoms with E-state index in [9.17, 15) is 14.4 Å². The fourth-order valence-electron chi connectivity index (χ4n) is 8.33. The van der Waals surface area contributed by atoms with E-state index in [2.05, 4.69) is 93.7 Å². The lowest BCUT2D eigenvalue weighted by Gasteiger charge is -2.18. The van der Waals surface area contributed by atoms with Gasteiger partial charge in [-0.15, -0.1) is 0 Å². The van der Waals surface area contributed by atoms with Crippen molar-refractivity contribution in [2.24, 2.45) is 0 Å². The average molecular weight is 964 g/mol. The van der Waals surface area contributed by atoms with Gasteiger partial charge in [-0.3, -0.25) is 14.4 Å². The number of ether oxygens (including phenoxy) is 3. The molecule has 0 saturated carbocycles. The number of esters is 3. The summed E-state index contributed by atoms with van der Waals surface area (Å²) >= 11 is 0. The highest BCUT2D eigenvalue weighted by atomic mass is 16.6. The van der Waals surface area contributed by atoms with Crippen LogP contribution in [0.4, 0.5) is 0 Å². The molecule has 0 fully saturated rings. The molecule has 0 aliphatic heterocycles. The molecule has 0 radical (unpaired) electrons. The molecule has 6 heteroatoms. The Morgan fingerprint density at radius 3 is 0.884 bits per heavy atom. The molecule has 0 bridgehead atoms. The summed E-state index contributed by atoms with van der Waals surface area (Å²) in [6.45, 7) is 6.50. The monoisotopic (exact) mass is 963 g/mol. The van der Waals surface area contributed by atoms with E-state index in [0.29, 0.717) is 19.3 Å². The van der Waals surface area contributed by atoms with E-state index < -0.39 is 6.10 Å². The molecule has 0 N–H and O–H groups in total. The molecule has 0 aromatic carbocycles. The summed E-state index contributed by atoms with van der Waals surface area (Å²) in [6, 6.07) is 0. The van der Waals surface area contributed by atoms with Crippen molar-refractivity contribution < 1.29 is 28.6 Å². The fraction of sp³-hybridized carbons (Fsp3) is 0.762. The van der Waals surface area contributed by atoms with E-state index in [1.54, 1.807) is 0 Å². The second-order valence-corrected chi connectivity index (χ2v) is 19.5. The Labute approximate surface area is 427 Å². The zero-order valence-electron chi connectivity index (χ0n) is 45.6. The van der Waals surface area contributed by atoms with Crippen LogP contribution in [0.25, 0.3) is 0 Å². The molecule has 0 aliphatic rings. The number of carbonyl (C=O) groups excluding carboxylic acids is 3. The van der Waals surface area contributed by atoms with Gasteiger partial charge in [-0.1, -0.05) is 273 Å². The summed E-state index contributed by atoms with van der Waals surface area (Å²) in [6.07, 6.45) is 73.6. The Bertz CT molecular complexity index is 1290. The summed E-state index contributed by atoms with van der Waals surface area (Å²) in [5.74, 6) is -0.868. The van der Waals surface area contributed by atoms with E-state index in [1.165, 1.54) is 154 Å². The van der Waals surface area contributed by atoms with Crippen LogP contribution in [0.15, 0.2) is 72.9 Å². The Morgan fingerprint density at radius 2 is 0.565 bits per heavy atom. The molecule has 1 unspecified atom stereocenters. The SMILES string of the molecule is CC/C=C\C/C=C\C/C=C\C/C=C\C/C=C\C/C=C\CCCCCCCCCCCCCCCCC(=O)OCC(COC(=O)CCCCCCCCCCC)OC(=O)CCCCCCCCCCC. The van der Waals surface area contributed by atoms with Crippen LogP contribution in [-0.4, -0.2) is 37.2 Å². The van der Waals surface area contributed by atoms with E-state index in [4.69, 9.17) is 14.2 Å². The van der Waals surface area contributed by atoms with Crippen LogP contribution in [0.5, 0.6) is 0 Å². The summed E-state index contributed by atoms with van der Waals surface area (Å²) in [4.78, 5) is 37.9. The van der Waals surface area contributed by atoms with Gasteiger partial charge in [0.25, 0.3) is 0 Å². The average Bonchev–Trinajstić information content (AvgIpc) is 3.35. The van der Waals surface area contributed by atoms with Gasteiger partial charge in [0.15, 0.2) is 6.10 Å². The number of hydrogen-bond donors (Lipinski definition) is 0. The summed E-state index contributed by atoms with van der Waals surface area (Å²) in [7, 11) is 0. The topological polar surface area (TPSA) is 78.9 Å². The van der Waals surface area contributed by atoms with E-state index in [0.717, 1.165) is 96.3 Å². The van der Waals surface area contributed by atoms with Gasteiger partial charge in [-0.2, -0.15) is 0 Å². The third-order valence-electron chi connectivity index (χ3n) is 12.7. The van der Waals surface area contributed by atoms with Gasteiger partial charge in [-0.05, 0) is 70.6 Å². The predicted octanol–water partition coefficient (Wildman–Crippen LogP) is 19.8. The Kier molecular flexibility index (Phi) is 54.8.